The lowest BCUT2D eigenvalue weighted by Crippen LogP contribution is -2.35. The van der Waals surface area contributed by atoms with Crippen LogP contribution in [0.2, 0.25) is 0 Å². The molecule has 1 N–H and O–H groups in total. The third kappa shape index (κ3) is 4.52. The maximum atomic E-state index is 12.9. The lowest BCUT2D eigenvalue weighted by molar-refractivity contribution is -0.121. The summed E-state index contributed by atoms with van der Waals surface area (Å²) in [7, 11) is -3.43. The number of nitrogens with one attached hydrogen (secondary N) is 1. The average Bonchev–Trinajstić information content (AvgIpc) is 3.09. The van der Waals surface area contributed by atoms with E-state index in [1.54, 1.807) is 16.4 Å². The first kappa shape index (κ1) is 19.9. The van der Waals surface area contributed by atoms with Crippen LogP contribution in [0.4, 0.5) is 0 Å². The molecule has 0 saturated carbocycles. The van der Waals surface area contributed by atoms with Crippen LogP contribution in [0.3, 0.4) is 0 Å². The Morgan fingerprint density at radius 3 is 2.63 bits per heavy atom. The summed E-state index contributed by atoms with van der Waals surface area (Å²) in [6, 6.07) is 7.37. The number of aromatic nitrogens is 1. The largest absolute Gasteiger partial charge is 0.354 e. The van der Waals surface area contributed by atoms with Gasteiger partial charge < -0.3 is 9.88 Å². The van der Waals surface area contributed by atoms with Crippen molar-refractivity contribution < 1.29 is 13.2 Å². The molecule has 1 aliphatic heterocycles. The monoisotopic (exact) mass is 391 g/mol. The van der Waals surface area contributed by atoms with Gasteiger partial charge in [0.05, 0.1) is 4.90 Å². The van der Waals surface area contributed by atoms with Crippen molar-refractivity contribution in [1.82, 2.24) is 14.2 Å². The number of nitrogens with zero attached hydrogens (tertiary/aromatic N) is 2. The minimum atomic E-state index is -3.43. The van der Waals surface area contributed by atoms with Crippen LogP contribution in [0.15, 0.2) is 35.4 Å². The SMILES string of the molecule is CC[C@H](C)NC(=O)CCn1ccc2cc(S(=O)(=O)N3CCCCC3)ccc21. The van der Waals surface area contributed by atoms with E-state index in [0.717, 1.165) is 36.6 Å². The third-order valence-electron chi connectivity index (χ3n) is 5.29. The van der Waals surface area contributed by atoms with E-state index in [0.29, 0.717) is 31.0 Å². The minimum absolute atomic E-state index is 0.0375. The first-order chi connectivity index (χ1) is 12.9. The molecule has 0 unspecified atom stereocenters. The molecule has 1 aromatic heterocycles. The second kappa shape index (κ2) is 8.44. The Bertz CT molecular complexity index is 898. The van der Waals surface area contributed by atoms with E-state index in [1.165, 1.54) is 0 Å². The van der Waals surface area contributed by atoms with Gasteiger partial charge in [-0.05, 0) is 50.5 Å². The number of fused-ring (bicyclic) bond motifs is 1. The van der Waals surface area contributed by atoms with Crippen molar-refractivity contribution in [2.45, 2.75) is 63.4 Å². The number of hydrogen-bond donors (Lipinski definition) is 1. The van der Waals surface area contributed by atoms with Gasteiger partial charge in [0.15, 0.2) is 0 Å². The smallest absolute Gasteiger partial charge is 0.243 e. The minimum Gasteiger partial charge on any atom is -0.354 e. The summed E-state index contributed by atoms with van der Waals surface area (Å²) in [5.74, 6) is 0.0375. The number of hydrogen-bond acceptors (Lipinski definition) is 3. The number of benzene rings is 1. The van der Waals surface area contributed by atoms with Crippen LogP contribution in [0.1, 0.15) is 46.0 Å². The summed E-state index contributed by atoms with van der Waals surface area (Å²) in [5.41, 5.74) is 0.948. The van der Waals surface area contributed by atoms with Gasteiger partial charge in [0.2, 0.25) is 15.9 Å². The Labute approximate surface area is 161 Å². The van der Waals surface area contributed by atoms with Crippen LogP contribution >= 0.6 is 0 Å². The normalized spacial score (nSPS) is 17.1. The number of rotatable bonds is 7. The summed E-state index contributed by atoms with van der Waals surface area (Å²) in [5, 5.41) is 3.85. The zero-order chi connectivity index (χ0) is 19.4. The Morgan fingerprint density at radius 1 is 1.19 bits per heavy atom. The molecule has 7 heteroatoms. The number of amides is 1. The predicted octanol–water partition coefficient (Wildman–Crippen LogP) is 3.12. The number of sulfonamides is 1. The number of piperidine rings is 1. The molecule has 1 saturated heterocycles. The molecular weight excluding hydrogens is 362 g/mol. The summed E-state index contributed by atoms with van der Waals surface area (Å²) in [4.78, 5) is 12.3. The van der Waals surface area contributed by atoms with Gasteiger partial charge in [-0.2, -0.15) is 4.31 Å². The van der Waals surface area contributed by atoms with Crippen molar-refractivity contribution in [3.05, 3.63) is 30.5 Å². The second-order valence-corrected chi connectivity index (χ2v) is 9.26. The highest BCUT2D eigenvalue weighted by molar-refractivity contribution is 7.89. The van der Waals surface area contributed by atoms with Crippen LogP contribution in [0, 0.1) is 0 Å². The molecule has 1 atom stereocenters. The topological polar surface area (TPSA) is 71.4 Å². The molecule has 148 valence electrons. The maximum absolute atomic E-state index is 12.9. The van der Waals surface area contributed by atoms with Crippen molar-refractivity contribution in [3.63, 3.8) is 0 Å². The molecule has 2 aromatic rings. The number of aryl methyl sites for hydroxylation is 1. The van der Waals surface area contributed by atoms with Gasteiger partial charge in [-0.1, -0.05) is 13.3 Å². The Kier molecular flexibility index (Phi) is 6.22. The van der Waals surface area contributed by atoms with Gasteiger partial charge in [0, 0.05) is 49.2 Å². The van der Waals surface area contributed by atoms with Gasteiger partial charge in [-0.25, -0.2) is 8.42 Å². The lowest BCUT2D eigenvalue weighted by Gasteiger charge is -2.25. The van der Waals surface area contributed by atoms with Crippen LogP contribution in [0.25, 0.3) is 10.9 Å². The molecule has 2 heterocycles. The molecule has 1 aliphatic rings. The highest BCUT2D eigenvalue weighted by atomic mass is 32.2. The average molecular weight is 392 g/mol. The first-order valence-corrected chi connectivity index (χ1v) is 11.2. The van der Waals surface area contributed by atoms with Crippen LogP contribution in [-0.4, -0.2) is 42.3 Å². The lowest BCUT2D eigenvalue weighted by atomic mass is 10.2. The fraction of sp³-hybridized carbons (Fsp3) is 0.550. The van der Waals surface area contributed by atoms with Gasteiger partial charge in [0.25, 0.3) is 0 Å². The number of carbonyl (C=O) groups excluding carboxylic acids is 1. The van der Waals surface area contributed by atoms with E-state index in [4.69, 9.17) is 0 Å². The van der Waals surface area contributed by atoms with Gasteiger partial charge in [-0.3, -0.25) is 4.79 Å². The number of carbonyl (C=O) groups is 1. The summed E-state index contributed by atoms with van der Waals surface area (Å²) in [6.07, 6.45) is 6.18. The predicted molar refractivity (Wildman–Crippen MR) is 107 cm³/mol. The van der Waals surface area contributed by atoms with E-state index < -0.39 is 10.0 Å². The van der Waals surface area contributed by atoms with Crippen molar-refractivity contribution in [2.75, 3.05) is 13.1 Å². The van der Waals surface area contributed by atoms with Crippen molar-refractivity contribution >= 4 is 26.8 Å². The highest BCUT2D eigenvalue weighted by Crippen LogP contribution is 2.25. The Hall–Kier alpha value is -1.86. The molecule has 0 spiro atoms. The van der Waals surface area contributed by atoms with E-state index in [-0.39, 0.29) is 11.9 Å². The van der Waals surface area contributed by atoms with Crippen LogP contribution < -0.4 is 5.32 Å². The standard InChI is InChI=1S/C20H29N3O3S/c1-3-16(2)21-20(24)10-14-22-13-9-17-15-18(7-8-19(17)22)27(25,26)23-11-5-4-6-12-23/h7-9,13,15-16H,3-6,10-12,14H2,1-2H3,(H,21,24)/t16-/m0/s1. The highest BCUT2D eigenvalue weighted by Gasteiger charge is 2.26. The van der Waals surface area contributed by atoms with Crippen LogP contribution in [-0.2, 0) is 21.4 Å². The summed E-state index contributed by atoms with van der Waals surface area (Å²) >= 11 is 0. The van der Waals surface area contributed by atoms with Crippen molar-refractivity contribution in [2.24, 2.45) is 0 Å². The fourth-order valence-corrected chi connectivity index (χ4v) is 5.01. The maximum Gasteiger partial charge on any atom is 0.243 e. The van der Waals surface area contributed by atoms with Crippen molar-refractivity contribution in [3.8, 4) is 0 Å². The molecule has 1 aromatic carbocycles. The Morgan fingerprint density at radius 2 is 1.93 bits per heavy atom. The fourth-order valence-electron chi connectivity index (χ4n) is 3.46. The molecule has 6 nitrogen and oxygen atoms in total. The van der Waals surface area contributed by atoms with Crippen molar-refractivity contribution in [1.29, 1.82) is 0 Å². The van der Waals surface area contributed by atoms with Gasteiger partial charge in [0.1, 0.15) is 0 Å². The quantitative estimate of drug-likeness (QED) is 0.788. The molecule has 0 bridgehead atoms. The second-order valence-electron chi connectivity index (χ2n) is 7.32. The third-order valence-corrected chi connectivity index (χ3v) is 7.19. The zero-order valence-corrected chi connectivity index (χ0v) is 17.0. The molecular formula is C20H29N3O3S. The molecule has 1 fully saturated rings. The van der Waals surface area contributed by atoms with E-state index in [2.05, 4.69) is 5.32 Å². The van der Waals surface area contributed by atoms with E-state index >= 15 is 0 Å². The molecule has 1 amide bonds. The zero-order valence-electron chi connectivity index (χ0n) is 16.1. The van der Waals surface area contributed by atoms with Gasteiger partial charge in [-0.15, -0.1) is 0 Å². The molecule has 0 aliphatic carbocycles. The molecule has 27 heavy (non-hydrogen) atoms. The molecule has 3 rings (SSSR count). The summed E-state index contributed by atoms with van der Waals surface area (Å²) < 4.78 is 29.3. The Balaban J connectivity index is 1.73. The summed E-state index contributed by atoms with van der Waals surface area (Å²) in [6.45, 7) is 5.82. The van der Waals surface area contributed by atoms with Gasteiger partial charge >= 0.3 is 0 Å². The van der Waals surface area contributed by atoms with E-state index in [9.17, 15) is 13.2 Å². The van der Waals surface area contributed by atoms with Crippen LogP contribution in [0.5, 0.6) is 0 Å². The van der Waals surface area contributed by atoms with E-state index in [1.807, 2.05) is 36.7 Å². The first-order valence-electron chi connectivity index (χ1n) is 9.80. The molecule has 0 radical (unpaired) electrons.